The third-order valence-electron chi connectivity index (χ3n) is 3.75. The van der Waals surface area contributed by atoms with Crippen LogP contribution in [0.15, 0.2) is 29.3 Å². The first-order valence-corrected chi connectivity index (χ1v) is 9.11. The number of benzene rings is 1. The second-order valence-corrected chi connectivity index (χ2v) is 7.40. The Bertz CT molecular complexity index is 725. The van der Waals surface area contributed by atoms with Crippen LogP contribution in [0.2, 0.25) is 0 Å². The van der Waals surface area contributed by atoms with Crippen molar-refractivity contribution in [3.8, 4) is 5.75 Å². The third kappa shape index (κ3) is 8.20. The van der Waals surface area contributed by atoms with Crippen LogP contribution in [0.3, 0.4) is 0 Å². The van der Waals surface area contributed by atoms with Gasteiger partial charge in [0.2, 0.25) is 5.91 Å². The summed E-state index contributed by atoms with van der Waals surface area (Å²) in [6.07, 6.45) is 1.37. The number of esters is 1. The van der Waals surface area contributed by atoms with E-state index in [1.54, 1.807) is 45.0 Å². The van der Waals surface area contributed by atoms with Crippen LogP contribution in [-0.4, -0.2) is 42.4 Å². The topological polar surface area (TPSA) is 120 Å². The molecule has 0 aliphatic carbocycles. The van der Waals surface area contributed by atoms with E-state index in [0.29, 0.717) is 12.0 Å². The summed E-state index contributed by atoms with van der Waals surface area (Å²) in [6.45, 7) is 8.80. The van der Waals surface area contributed by atoms with Gasteiger partial charge in [-0.3, -0.25) is 9.79 Å². The van der Waals surface area contributed by atoms with Gasteiger partial charge in [0.15, 0.2) is 0 Å². The Labute approximate surface area is 165 Å². The van der Waals surface area contributed by atoms with Crippen molar-refractivity contribution in [2.75, 3.05) is 6.54 Å². The second-order valence-electron chi connectivity index (χ2n) is 7.40. The summed E-state index contributed by atoms with van der Waals surface area (Å²) in [6, 6.07) is 5.86. The molecule has 1 aromatic carbocycles. The normalized spacial score (nSPS) is 13.6. The van der Waals surface area contributed by atoms with E-state index in [1.807, 2.05) is 13.8 Å². The monoisotopic (exact) mass is 391 g/mol. The Kier molecular flexibility index (Phi) is 8.63. The molecule has 0 unspecified atom stereocenters. The summed E-state index contributed by atoms with van der Waals surface area (Å²) >= 11 is 0. The SMILES string of the molecule is CC[C@H](C)[C@H](NC(=O)OC(C)(C)C)C(=O)Oc1ccccc1C=NCC(N)=O. The lowest BCUT2D eigenvalue weighted by Crippen LogP contribution is -2.48. The number of aliphatic imine (C=N–C) groups is 1. The molecular weight excluding hydrogens is 362 g/mol. The van der Waals surface area contributed by atoms with Crippen LogP contribution < -0.4 is 15.8 Å². The number of amides is 2. The maximum absolute atomic E-state index is 12.7. The molecule has 8 nitrogen and oxygen atoms in total. The molecule has 0 aliphatic heterocycles. The molecule has 0 aromatic heterocycles. The summed E-state index contributed by atoms with van der Waals surface area (Å²) in [7, 11) is 0. The minimum Gasteiger partial charge on any atom is -0.444 e. The lowest BCUT2D eigenvalue weighted by molar-refractivity contribution is -0.138. The zero-order valence-corrected chi connectivity index (χ0v) is 17.0. The molecule has 3 N–H and O–H groups in total. The number of ether oxygens (including phenoxy) is 2. The zero-order chi connectivity index (χ0) is 21.3. The van der Waals surface area contributed by atoms with Gasteiger partial charge in [-0.1, -0.05) is 32.4 Å². The molecule has 2 atom stereocenters. The number of para-hydroxylation sites is 1. The van der Waals surface area contributed by atoms with Crippen LogP contribution in [0, 0.1) is 5.92 Å². The molecular formula is C20H29N3O5. The Balaban J connectivity index is 2.95. The highest BCUT2D eigenvalue weighted by Crippen LogP contribution is 2.19. The van der Waals surface area contributed by atoms with Crippen molar-refractivity contribution in [1.29, 1.82) is 0 Å². The van der Waals surface area contributed by atoms with E-state index in [1.165, 1.54) is 6.21 Å². The highest BCUT2D eigenvalue weighted by molar-refractivity contribution is 5.89. The van der Waals surface area contributed by atoms with Crippen molar-refractivity contribution < 1.29 is 23.9 Å². The molecule has 0 saturated carbocycles. The van der Waals surface area contributed by atoms with E-state index in [2.05, 4.69) is 10.3 Å². The highest BCUT2D eigenvalue weighted by Gasteiger charge is 2.30. The minimum absolute atomic E-state index is 0.169. The number of nitrogens with zero attached hydrogens (tertiary/aromatic N) is 1. The van der Waals surface area contributed by atoms with Crippen LogP contribution in [0.1, 0.15) is 46.6 Å². The number of carbonyl (C=O) groups is 3. The standard InChI is InChI=1S/C20H29N3O5/c1-6-13(2)17(23-19(26)28-20(3,4)5)18(25)27-15-10-8-7-9-14(15)11-22-12-16(21)24/h7-11,13,17H,6,12H2,1-5H3,(H2,21,24)(H,23,26)/t13-,17-/m0/s1. The first-order chi connectivity index (χ1) is 13.0. The van der Waals surface area contributed by atoms with E-state index in [9.17, 15) is 14.4 Å². The summed E-state index contributed by atoms with van der Waals surface area (Å²) in [5, 5.41) is 2.59. The lowest BCUT2D eigenvalue weighted by atomic mass is 9.99. The summed E-state index contributed by atoms with van der Waals surface area (Å²) in [5.74, 6) is -1.09. The Hall–Kier alpha value is -2.90. The third-order valence-corrected chi connectivity index (χ3v) is 3.75. The molecule has 0 fully saturated rings. The fourth-order valence-corrected chi connectivity index (χ4v) is 2.19. The molecule has 8 heteroatoms. The maximum atomic E-state index is 12.7. The zero-order valence-electron chi connectivity index (χ0n) is 17.0. The summed E-state index contributed by atoms with van der Waals surface area (Å²) in [5.41, 5.74) is 4.89. The van der Waals surface area contributed by atoms with Gasteiger partial charge in [0.25, 0.3) is 0 Å². The van der Waals surface area contributed by atoms with E-state index in [-0.39, 0.29) is 18.2 Å². The number of hydrogen-bond donors (Lipinski definition) is 2. The van der Waals surface area contributed by atoms with Crippen molar-refractivity contribution in [1.82, 2.24) is 5.32 Å². The van der Waals surface area contributed by atoms with E-state index < -0.39 is 29.6 Å². The van der Waals surface area contributed by atoms with Crippen LogP contribution >= 0.6 is 0 Å². The summed E-state index contributed by atoms with van der Waals surface area (Å²) < 4.78 is 10.7. The molecule has 0 heterocycles. The van der Waals surface area contributed by atoms with Crippen LogP contribution in [0.25, 0.3) is 0 Å². The number of carbonyl (C=O) groups excluding carboxylic acids is 3. The van der Waals surface area contributed by atoms with Crippen LogP contribution in [0.5, 0.6) is 5.75 Å². The number of primary amides is 1. The van der Waals surface area contributed by atoms with Gasteiger partial charge in [-0.05, 0) is 38.8 Å². The average molecular weight is 391 g/mol. The van der Waals surface area contributed by atoms with Crippen molar-refractivity contribution in [2.45, 2.75) is 52.7 Å². The van der Waals surface area contributed by atoms with Gasteiger partial charge in [0.05, 0.1) is 0 Å². The second kappa shape index (κ2) is 10.4. The van der Waals surface area contributed by atoms with Gasteiger partial charge < -0.3 is 20.5 Å². The van der Waals surface area contributed by atoms with Gasteiger partial charge in [-0.15, -0.1) is 0 Å². The molecule has 1 rings (SSSR count). The van der Waals surface area contributed by atoms with Crippen molar-refractivity contribution in [3.63, 3.8) is 0 Å². The van der Waals surface area contributed by atoms with E-state index in [4.69, 9.17) is 15.2 Å². The molecule has 28 heavy (non-hydrogen) atoms. The van der Waals surface area contributed by atoms with Gasteiger partial charge in [-0.2, -0.15) is 0 Å². The molecule has 0 aliphatic rings. The van der Waals surface area contributed by atoms with Gasteiger partial charge in [-0.25, -0.2) is 9.59 Å². The molecule has 1 aromatic rings. The van der Waals surface area contributed by atoms with E-state index >= 15 is 0 Å². The predicted octanol–water partition coefficient (Wildman–Crippen LogP) is 2.44. The average Bonchev–Trinajstić information content (AvgIpc) is 2.58. The summed E-state index contributed by atoms with van der Waals surface area (Å²) in [4.78, 5) is 39.6. The van der Waals surface area contributed by atoms with Crippen molar-refractivity contribution in [3.05, 3.63) is 29.8 Å². The Morgan fingerprint density at radius 1 is 1.25 bits per heavy atom. The minimum atomic E-state index is -0.879. The maximum Gasteiger partial charge on any atom is 0.408 e. The molecule has 2 amide bonds. The molecule has 0 radical (unpaired) electrons. The van der Waals surface area contributed by atoms with Crippen LogP contribution in [-0.2, 0) is 14.3 Å². The predicted molar refractivity (Wildman–Crippen MR) is 106 cm³/mol. The van der Waals surface area contributed by atoms with Gasteiger partial charge >= 0.3 is 12.1 Å². The Morgan fingerprint density at radius 3 is 2.46 bits per heavy atom. The fourth-order valence-electron chi connectivity index (χ4n) is 2.19. The van der Waals surface area contributed by atoms with Crippen molar-refractivity contribution in [2.24, 2.45) is 16.6 Å². The first kappa shape index (κ1) is 23.1. The first-order valence-electron chi connectivity index (χ1n) is 9.11. The fraction of sp³-hybridized carbons (Fsp3) is 0.500. The highest BCUT2D eigenvalue weighted by atomic mass is 16.6. The number of hydrogen-bond acceptors (Lipinski definition) is 6. The van der Waals surface area contributed by atoms with Gasteiger partial charge in [0, 0.05) is 11.8 Å². The van der Waals surface area contributed by atoms with Crippen molar-refractivity contribution >= 4 is 24.2 Å². The largest absolute Gasteiger partial charge is 0.444 e. The number of nitrogens with two attached hydrogens (primary N) is 1. The number of alkyl carbamates (subject to hydrolysis) is 1. The van der Waals surface area contributed by atoms with E-state index in [0.717, 1.165) is 0 Å². The molecule has 154 valence electrons. The molecule has 0 saturated heterocycles. The number of rotatable bonds is 8. The quantitative estimate of drug-likeness (QED) is 0.401. The lowest BCUT2D eigenvalue weighted by Gasteiger charge is -2.25. The van der Waals surface area contributed by atoms with Crippen LogP contribution in [0.4, 0.5) is 4.79 Å². The molecule has 0 spiro atoms. The Morgan fingerprint density at radius 2 is 1.89 bits per heavy atom. The number of nitrogens with one attached hydrogen (secondary N) is 1. The smallest absolute Gasteiger partial charge is 0.408 e. The molecule has 0 bridgehead atoms. The van der Waals surface area contributed by atoms with Gasteiger partial charge in [0.1, 0.15) is 23.9 Å².